The zero-order chi connectivity index (χ0) is 11.5. The normalized spacial score (nSPS) is 18.5. The van der Waals surface area contributed by atoms with Crippen molar-refractivity contribution in [2.24, 2.45) is 5.73 Å². The van der Waals surface area contributed by atoms with Crippen molar-refractivity contribution in [2.75, 3.05) is 18.8 Å². The maximum Gasteiger partial charge on any atom is 0.240 e. The molecule has 0 spiro atoms. The summed E-state index contributed by atoms with van der Waals surface area (Å²) >= 11 is 0. The van der Waals surface area contributed by atoms with Crippen molar-refractivity contribution in [3.05, 3.63) is 0 Å². The van der Waals surface area contributed by atoms with Gasteiger partial charge in [0.2, 0.25) is 15.9 Å². The van der Waals surface area contributed by atoms with Crippen LogP contribution in [0.4, 0.5) is 0 Å². The van der Waals surface area contributed by atoms with E-state index >= 15 is 0 Å². The quantitative estimate of drug-likeness (QED) is 0.523. The minimum Gasteiger partial charge on any atom is -0.353 e. The first-order chi connectivity index (χ1) is 6.90. The molecule has 0 aromatic rings. The van der Waals surface area contributed by atoms with Crippen molar-refractivity contribution in [1.29, 1.82) is 0 Å². The van der Waals surface area contributed by atoms with E-state index in [2.05, 4.69) is 10.0 Å². The molecular formula is C8H17N3O3S. The van der Waals surface area contributed by atoms with E-state index in [4.69, 9.17) is 5.73 Å². The van der Waals surface area contributed by atoms with Crippen LogP contribution in [0.1, 0.15) is 19.8 Å². The maximum absolute atomic E-state index is 11.3. The molecule has 0 aliphatic heterocycles. The first kappa shape index (κ1) is 12.4. The van der Waals surface area contributed by atoms with Crippen molar-refractivity contribution in [1.82, 2.24) is 10.0 Å². The van der Waals surface area contributed by atoms with Crippen molar-refractivity contribution >= 4 is 15.9 Å². The topological polar surface area (TPSA) is 101 Å². The predicted octanol–water partition coefficient (Wildman–Crippen LogP) is -1.47. The molecule has 1 aliphatic rings. The van der Waals surface area contributed by atoms with Gasteiger partial charge in [-0.15, -0.1) is 0 Å². The van der Waals surface area contributed by atoms with E-state index in [1.54, 1.807) is 6.92 Å². The van der Waals surface area contributed by atoms with Gasteiger partial charge in [-0.1, -0.05) is 6.92 Å². The van der Waals surface area contributed by atoms with Crippen LogP contribution in [0.3, 0.4) is 0 Å². The van der Waals surface area contributed by atoms with Crippen LogP contribution >= 0.6 is 0 Å². The highest BCUT2D eigenvalue weighted by molar-refractivity contribution is 7.89. The molecule has 0 heterocycles. The van der Waals surface area contributed by atoms with Crippen LogP contribution in [0.25, 0.3) is 0 Å². The van der Waals surface area contributed by atoms with Crippen LogP contribution < -0.4 is 15.8 Å². The lowest BCUT2D eigenvalue weighted by atomic mass is 10.3. The third-order valence-electron chi connectivity index (χ3n) is 2.26. The molecule has 0 radical (unpaired) electrons. The van der Waals surface area contributed by atoms with E-state index in [0.717, 1.165) is 0 Å². The molecule has 0 bridgehead atoms. The summed E-state index contributed by atoms with van der Waals surface area (Å²) in [6, 6.07) is 0. The summed E-state index contributed by atoms with van der Waals surface area (Å²) in [6.07, 6.45) is 1.36. The Morgan fingerprint density at radius 2 is 2.07 bits per heavy atom. The average molecular weight is 235 g/mol. The van der Waals surface area contributed by atoms with Crippen LogP contribution in [0, 0.1) is 0 Å². The van der Waals surface area contributed by atoms with Gasteiger partial charge in [0.25, 0.3) is 0 Å². The molecule has 0 unspecified atom stereocenters. The Kier molecular flexibility index (Phi) is 3.69. The molecule has 15 heavy (non-hydrogen) atoms. The largest absolute Gasteiger partial charge is 0.353 e. The molecule has 0 saturated heterocycles. The molecular weight excluding hydrogens is 218 g/mol. The summed E-state index contributed by atoms with van der Waals surface area (Å²) in [4.78, 5) is 11.3. The summed E-state index contributed by atoms with van der Waals surface area (Å²) in [6.45, 7) is 2.17. The number of nitrogens with one attached hydrogen (secondary N) is 2. The summed E-state index contributed by atoms with van der Waals surface area (Å²) in [5.41, 5.74) is 4.89. The molecule has 0 atom stereocenters. The molecule has 1 saturated carbocycles. The number of hydrogen-bond acceptors (Lipinski definition) is 4. The number of sulfonamides is 1. The zero-order valence-electron chi connectivity index (χ0n) is 8.75. The average Bonchev–Trinajstić information content (AvgIpc) is 2.84. The van der Waals surface area contributed by atoms with Crippen molar-refractivity contribution in [2.45, 2.75) is 25.3 Å². The minimum absolute atomic E-state index is 0.104. The molecule has 4 N–H and O–H groups in total. The van der Waals surface area contributed by atoms with Crippen LogP contribution in [-0.4, -0.2) is 38.7 Å². The van der Waals surface area contributed by atoms with Gasteiger partial charge in [0.1, 0.15) is 0 Å². The van der Waals surface area contributed by atoms with Gasteiger partial charge in [0.15, 0.2) is 0 Å². The van der Waals surface area contributed by atoms with Gasteiger partial charge in [0, 0.05) is 13.1 Å². The van der Waals surface area contributed by atoms with E-state index in [-0.39, 0.29) is 18.2 Å². The Bertz CT molecular complexity index is 335. The number of carbonyl (C=O) groups is 1. The van der Waals surface area contributed by atoms with Gasteiger partial charge in [-0.2, -0.15) is 0 Å². The predicted molar refractivity (Wildman–Crippen MR) is 56.6 cm³/mol. The fourth-order valence-corrected chi connectivity index (χ4v) is 2.08. The van der Waals surface area contributed by atoms with E-state index in [0.29, 0.717) is 19.4 Å². The SMILES string of the molecule is CCNS(=O)(=O)CCNC(=O)C1(N)CC1. The fraction of sp³-hybridized carbons (Fsp3) is 0.875. The molecule has 1 amide bonds. The molecule has 7 heteroatoms. The number of carbonyl (C=O) groups excluding carboxylic acids is 1. The third kappa shape index (κ3) is 3.77. The Morgan fingerprint density at radius 1 is 1.47 bits per heavy atom. The number of nitrogens with two attached hydrogens (primary N) is 1. The highest BCUT2D eigenvalue weighted by Gasteiger charge is 2.45. The lowest BCUT2D eigenvalue weighted by molar-refractivity contribution is -0.123. The molecule has 1 aliphatic carbocycles. The maximum atomic E-state index is 11.3. The fourth-order valence-electron chi connectivity index (χ4n) is 1.13. The standard InChI is InChI=1S/C8H17N3O3S/c1-2-11-15(13,14)6-5-10-7(12)8(9)3-4-8/h11H,2-6,9H2,1H3,(H,10,12). The Hall–Kier alpha value is -0.660. The molecule has 0 aromatic heterocycles. The Morgan fingerprint density at radius 3 is 2.53 bits per heavy atom. The molecule has 1 fully saturated rings. The van der Waals surface area contributed by atoms with Gasteiger partial charge in [-0.3, -0.25) is 4.79 Å². The minimum atomic E-state index is -3.26. The monoisotopic (exact) mass is 235 g/mol. The van der Waals surface area contributed by atoms with Crippen LogP contribution in [0.2, 0.25) is 0 Å². The van der Waals surface area contributed by atoms with E-state index < -0.39 is 15.6 Å². The smallest absolute Gasteiger partial charge is 0.240 e. The molecule has 1 rings (SSSR count). The summed E-state index contributed by atoms with van der Waals surface area (Å²) < 4.78 is 24.7. The van der Waals surface area contributed by atoms with Crippen LogP contribution in [-0.2, 0) is 14.8 Å². The van der Waals surface area contributed by atoms with Gasteiger partial charge in [0.05, 0.1) is 11.3 Å². The lowest BCUT2D eigenvalue weighted by Gasteiger charge is -2.10. The lowest BCUT2D eigenvalue weighted by Crippen LogP contribution is -2.44. The van der Waals surface area contributed by atoms with E-state index in [9.17, 15) is 13.2 Å². The van der Waals surface area contributed by atoms with Crippen molar-refractivity contribution < 1.29 is 13.2 Å². The van der Waals surface area contributed by atoms with Gasteiger partial charge < -0.3 is 11.1 Å². The second kappa shape index (κ2) is 4.46. The molecule has 6 nitrogen and oxygen atoms in total. The van der Waals surface area contributed by atoms with Crippen LogP contribution in [0.5, 0.6) is 0 Å². The summed E-state index contributed by atoms with van der Waals surface area (Å²) in [7, 11) is -3.26. The zero-order valence-corrected chi connectivity index (χ0v) is 9.56. The first-order valence-electron chi connectivity index (χ1n) is 4.94. The molecule has 88 valence electrons. The number of rotatable bonds is 6. The number of hydrogen-bond donors (Lipinski definition) is 3. The second-order valence-corrected chi connectivity index (χ2v) is 5.66. The van der Waals surface area contributed by atoms with Crippen molar-refractivity contribution in [3.63, 3.8) is 0 Å². The van der Waals surface area contributed by atoms with E-state index in [1.807, 2.05) is 0 Å². The second-order valence-electron chi connectivity index (χ2n) is 3.73. The number of amides is 1. The van der Waals surface area contributed by atoms with Crippen LogP contribution in [0.15, 0.2) is 0 Å². The van der Waals surface area contributed by atoms with Gasteiger partial charge >= 0.3 is 0 Å². The Labute approximate surface area is 89.6 Å². The summed E-state index contributed by atoms with van der Waals surface area (Å²) in [5.74, 6) is -0.364. The van der Waals surface area contributed by atoms with Gasteiger partial charge in [-0.05, 0) is 12.8 Å². The third-order valence-corrected chi connectivity index (χ3v) is 3.73. The molecule has 0 aromatic carbocycles. The van der Waals surface area contributed by atoms with Crippen molar-refractivity contribution in [3.8, 4) is 0 Å². The van der Waals surface area contributed by atoms with E-state index in [1.165, 1.54) is 0 Å². The summed E-state index contributed by atoms with van der Waals surface area (Å²) in [5, 5.41) is 2.52. The highest BCUT2D eigenvalue weighted by atomic mass is 32.2. The Balaban J connectivity index is 2.24. The van der Waals surface area contributed by atoms with Gasteiger partial charge in [-0.25, -0.2) is 13.1 Å². The first-order valence-corrected chi connectivity index (χ1v) is 6.59. The highest BCUT2D eigenvalue weighted by Crippen LogP contribution is 2.31.